The van der Waals surface area contributed by atoms with Gasteiger partial charge in [0.05, 0.1) is 30.8 Å². The van der Waals surface area contributed by atoms with E-state index < -0.39 is 0 Å². The van der Waals surface area contributed by atoms with Gasteiger partial charge in [0.25, 0.3) is 0 Å². The number of hydrogen-bond donors (Lipinski definition) is 1. The Morgan fingerprint density at radius 2 is 2.04 bits per heavy atom. The van der Waals surface area contributed by atoms with Gasteiger partial charge in [0.2, 0.25) is 0 Å². The van der Waals surface area contributed by atoms with E-state index in [0.717, 1.165) is 57.4 Å². The number of nitrogens with two attached hydrogens (primary N) is 1. The Kier molecular flexibility index (Phi) is 18.6. The molecule has 0 spiro atoms. The summed E-state index contributed by atoms with van der Waals surface area (Å²) in [5.74, 6) is 0. The minimum Gasteiger partial charge on any atom is -1.00 e. The van der Waals surface area contributed by atoms with Gasteiger partial charge in [0, 0.05) is 38.0 Å². The van der Waals surface area contributed by atoms with E-state index in [-0.39, 0.29) is 34.6 Å². The van der Waals surface area contributed by atoms with E-state index in [2.05, 4.69) is 32.6 Å². The van der Waals surface area contributed by atoms with E-state index in [9.17, 15) is 0 Å². The van der Waals surface area contributed by atoms with Crippen molar-refractivity contribution in [1.29, 1.82) is 0 Å². The maximum atomic E-state index is 5.32. The van der Waals surface area contributed by atoms with E-state index in [1.54, 1.807) is 6.21 Å². The van der Waals surface area contributed by atoms with Crippen LogP contribution in [0, 0.1) is 0 Å². The summed E-state index contributed by atoms with van der Waals surface area (Å²) >= 11 is 4.60. The second kappa shape index (κ2) is 17.6. The number of rotatable bonds is 6. The Labute approximate surface area is 178 Å². The van der Waals surface area contributed by atoms with Crippen LogP contribution in [0.1, 0.15) is 25.2 Å². The largest absolute Gasteiger partial charge is 2.00 e. The van der Waals surface area contributed by atoms with Crippen LogP contribution in [-0.4, -0.2) is 60.7 Å². The number of ether oxygens (including phenoxy) is 2. The van der Waals surface area contributed by atoms with Crippen LogP contribution in [0.15, 0.2) is 23.3 Å². The second-order valence-corrected chi connectivity index (χ2v) is 5.32. The van der Waals surface area contributed by atoms with Crippen LogP contribution in [0.4, 0.5) is 0 Å². The van der Waals surface area contributed by atoms with Crippen LogP contribution in [-0.2, 0) is 33.1 Å². The normalized spacial score (nSPS) is 13.8. The van der Waals surface area contributed by atoms with Gasteiger partial charge in [-0.15, -0.1) is 0 Å². The van der Waals surface area contributed by atoms with Crippen LogP contribution in [0.25, 0.3) is 5.43 Å². The van der Waals surface area contributed by atoms with E-state index in [4.69, 9.17) is 15.2 Å². The molecule has 2 heterocycles. The van der Waals surface area contributed by atoms with Crippen LogP contribution >= 0.6 is 12.2 Å². The minimum absolute atomic E-state index is 0. The fourth-order valence-corrected chi connectivity index (χ4v) is 2.04. The SMILES string of the molecule is CCOCC.NC(=S)[N-]/N=C/c1cccc(CN2CCOCC2)n1.[Cl-].[Cu+2]. The average Bonchev–Trinajstić information content (AvgIpc) is 2.57. The van der Waals surface area contributed by atoms with Gasteiger partial charge >= 0.3 is 17.1 Å². The summed E-state index contributed by atoms with van der Waals surface area (Å²) < 4.78 is 10.2. The molecule has 1 aromatic heterocycles. The quantitative estimate of drug-likeness (QED) is 0.256. The molecule has 0 aromatic carbocycles. The van der Waals surface area contributed by atoms with E-state index in [1.807, 2.05) is 32.0 Å². The van der Waals surface area contributed by atoms with Crippen LogP contribution < -0.4 is 18.1 Å². The molecule has 2 rings (SSSR count). The van der Waals surface area contributed by atoms with E-state index >= 15 is 0 Å². The Hall–Kier alpha value is -0.801. The molecule has 26 heavy (non-hydrogen) atoms. The van der Waals surface area contributed by atoms with Crippen molar-refractivity contribution < 1.29 is 38.9 Å². The summed E-state index contributed by atoms with van der Waals surface area (Å²) in [6, 6.07) is 5.81. The van der Waals surface area contributed by atoms with Crippen molar-refractivity contribution in [1.82, 2.24) is 9.88 Å². The number of morpholine rings is 1. The maximum Gasteiger partial charge on any atom is 2.00 e. The smallest absolute Gasteiger partial charge is 1.00 e. The maximum absolute atomic E-state index is 5.32. The van der Waals surface area contributed by atoms with Crippen molar-refractivity contribution in [2.24, 2.45) is 10.8 Å². The van der Waals surface area contributed by atoms with Crippen molar-refractivity contribution >= 4 is 23.5 Å². The summed E-state index contributed by atoms with van der Waals surface area (Å²) in [4.78, 5) is 6.80. The molecule has 0 atom stereocenters. The molecule has 151 valence electrons. The third kappa shape index (κ3) is 13.4. The Bertz CT molecular complexity index is 517. The molecule has 1 aliphatic rings. The van der Waals surface area contributed by atoms with Gasteiger partial charge in [-0.3, -0.25) is 15.0 Å². The van der Waals surface area contributed by atoms with Crippen molar-refractivity contribution in [3.8, 4) is 0 Å². The first-order valence-corrected chi connectivity index (χ1v) is 8.43. The molecular formula is C16H26ClCuN5O2S. The van der Waals surface area contributed by atoms with Gasteiger partial charge in [-0.05, 0) is 26.0 Å². The zero-order chi connectivity index (χ0) is 17.6. The monoisotopic (exact) mass is 450 g/mol. The Morgan fingerprint density at radius 1 is 1.38 bits per heavy atom. The standard InChI is InChI=1S/C12H17N5OS.C4H10O.ClH.Cu/c13-12(19)16-14-8-10-2-1-3-11(15-10)9-17-4-6-18-7-5-17;1-3-5-4-2;;/h1-3,8H,4-7,9H2,(H3,13,15,16,19);3-4H2,1-2H3;1H;/q;;;+2/p-2. The number of halogens is 1. The minimum atomic E-state index is 0. The number of thiocarbonyl (C=S) groups is 1. The summed E-state index contributed by atoms with van der Waals surface area (Å²) in [6.45, 7) is 9.94. The number of aromatic nitrogens is 1. The van der Waals surface area contributed by atoms with Gasteiger partial charge in [0.15, 0.2) is 0 Å². The molecule has 2 N–H and O–H groups in total. The fourth-order valence-electron chi connectivity index (χ4n) is 2.00. The molecule has 1 aromatic rings. The molecule has 1 radical (unpaired) electrons. The summed E-state index contributed by atoms with van der Waals surface area (Å²) in [5, 5.41) is 3.78. The van der Waals surface area contributed by atoms with Crippen LogP contribution in [0.3, 0.4) is 0 Å². The van der Waals surface area contributed by atoms with Gasteiger partial charge in [-0.25, -0.2) is 0 Å². The van der Waals surface area contributed by atoms with Crippen molar-refractivity contribution in [2.45, 2.75) is 20.4 Å². The van der Waals surface area contributed by atoms with Crippen LogP contribution in [0.5, 0.6) is 0 Å². The van der Waals surface area contributed by atoms with Gasteiger partial charge in [-0.2, -0.15) is 0 Å². The Balaban J connectivity index is 0. The molecule has 1 fully saturated rings. The molecule has 10 heteroatoms. The molecule has 0 amide bonds. The molecule has 1 saturated heterocycles. The molecule has 0 bridgehead atoms. The number of hydrogen-bond acceptors (Lipinski definition) is 6. The fraction of sp³-hybridized carbons (Fsp3) is 0.562. The van der Waals surface area contributed by atoms with Crippen molar-refractivity contribution in [3.05, 3.63) is 35.0 Å². The predicted molar refractivity (Wildman–Crippen MR) is 100 cm³/mol. The van der Waals surface area contributed by atoms with E-state index in [0.29, 0.717) is 0 Å². The van der Waals surface area contributed by atoms with Gasteiger partial charge in [-0.1, -0.05) is 18.3 Å². The van der Waals surface area contributed by atoms with Gasteiger partial charge < -0.3 is 33.0 Å². The van der Waals surface area contributed by atoms with E-state index in [1.165, 1.54) is 0 Å². The first-order valence-electron chi connectivity index (χ1n) is 8.03. The third-order valence-electron chi connectivity index (χ3n) is 3.07. The topological polar surface area (TPSA) is 87.1 Å². The van der Waals surface area contributed by atoms with Gasteiger partial charge in [0.1, 0.15) is 0 Å². The predicted octanol–water partition coefficient (Wildman–Crippen LogP) is -1.09. The molecule has 0 unspecified atom stereocenters. The summed E-state index contributed by atoms with van der Waals surface area (Å²) in [6.07, 6.45) is 1.54. The zero-order valence-corrected chi connectivity index (χ0v) is 17.5. The second-order valence-electron chi connectivity index (χ2n) is 4.91. The number of nitrogens with zero attached hydrogens (tertiary/aromatic N) is 4. The molecule has 0 saturated carbocycles. The third-order valence-corrected chi connectivity index (χ3v) is 3.15. The Morgan fingerprint density at radius 3 is 2.58 bits per heavy atom. The average molecular weight is 451 g/mol. The first-order chi connectivity index (χ1) is 11.7. The summed E-state index contributed by atoms with van der Waals surface area (Å²) in [5.41, 5.74) is 10.5. The van der Waals surface area contributed by atoms with Crippen molar-refractivity contribution in [2.75, 3.05) is 39.5 Å². The number of pyridine rings is 1. The first kappa shape index (κ1) is 27.4. The summed E-state index contributed by atoms with van der Waals surface area (Å²) in [7, 11) is 0. The van der Waals surface area contributed by atoms with Crippen molar-refractivity contribution in [3.63, 3.8) is 0 Å². The zero-order valence-electron chi connectivity index (χ0n) is 15.0. The molecule has 7 nitrogen and oxygen atoms in total. The molecule has 1 aliphatic heterocycles. The van der Waals surface area contributed by atoms with Crippen LogP contribution in [0.2, 0.25) is 0 Å². The molecule has 0 aliphatic carbocycles. The molecular weight excluding hydrogens is 425 g/mol.